The molecular weight excluding hydrogens is 258 g/mol. The minimum absolute atomic E-state index is 0.476. The third-order valence-corrected chi connectivity index (χ3v) is 3.48. The fourth-order valence-electron chi connectivity index (χ4n) is 2.14. The molecule has 0 atom stereocenters. The standard InChI is InChI=1S/C13H13ClF2N2/c14-9-1-4-11-8(6-17-10-2-3-10)7-18(13(15)16)12(11)5-9/h1,4-5,7,10,13,17H,2-3,6H2. The zero-order valence-electron chi connectivity index (χ0n) is 9.67. The van der Waals surface area contributed by atoms with E-state index in [-0.39, 0.29) is 0 Å². The van der Waals surface area contributed by atoms with Crippen molar-refractivity contribution in [2.75, 3.05) is 0 Å². The minimum atomic E-state index is -2.54. The Morgan fingerprint density at radius 3 is 2.83 bits per heavy atom. The van der Waals surface area contributed by atoms with Crippen LogP contribution in [0, 0.1) is 0 Å². The van der Waals surface area contributed by atoms with E-state index < -0.39 is 6.55 Å². The molecule has 3 rings (SSSR count). The summed E-state index contributed by atoms with van der Waals surface area (Å²) in [6.07, 6.45) is 3.87. The van der Waals surface area contributed by atoms with Gasteiger partial charge < -0.3 is 5.32 Å². The van der Waals surface area contributed by atoms with Crippen LogP contribution in [-0.2, 0) is 6.54 Å². The Morgan fingerprint density at radius 2 is 2.17 bits per heavy atom. The molecule has 2 aromatic rings. The summed E-state index contributed by atoms with van der Waals surface area (Å²) < 4.78 is 26.9. The van der Waals surface area contributed by atoms with Gasteiger partial charge in [0.05, 0.1) is 5.52 Å². The Hall–Kier alpha value is -1.13. The van der Waals surface area contributed by atoms with Crippen molar-refractivity contribution in [3.8, 4) is 0 Å². The molecule has 0 radical (unpaired) electrons. The number of aromatic nitrogens is 1. The van der Waals surface area contributed by atoms with E-state index in [0.29, 0.717) is 23.1 Å². The highest BCUT2D eigenvalue weighted by Gasteiger charge is 2.21. The molecular formula is C13H13ClF2N2. The molecule has 1 aromatic heterocycles. The molecule has 0 unspecified atom stereocenters. The number of nitrogens with zero attached hydrogens (tertiary/aromatic N) is 1. The van der Waals surface area contributed by atoms with Gasteiger partial charge in [-0.2, -0.15) is 8.78 Å². The third kappa shape index (κ3) is 2.22. The number of rotatable bonds is 4. The van der Waals surface area contributed by atoms with Gasteiger partial charge in [-0.15, -0.1) is 0 Å². The normalized spacial score (nSPS) is 15.8. The van der Waals surface area contributed by atoms with Crippen LogP contribution in [0.1, 0.15) is 25.0 Å². The van der Waals surface area contributed by atoms with Crippen LogP contribution in [0.3, 0.4) is 0 Å². The summed E-state index contributed by atoms with van der Waals surface area (Å²) in [4.78, 5) is 0. The lowest BCUT2D eigenvalue weighted by Crippen LogP contribution is -2.14. The highest BCUT2D eigenvalue weighted by Crippen LogP contribution is 2.29. The Kier molecular flexibility index (Phi) is 2.99. The first-order valence-corrected chi connectivity index (χ1v) is 6.33. The number of halogens is 3. The fraction of sp³-hybridized carbons (Fsp3) is 0.385. The molecule has 1 N–H and O–H groups in total. The second-order valence-electron chi connectivity index (χ2n) is 4.66. The topological polar surface area (TPSA) is 17.0 Å². The second-order valence-corrected chi connectivity index (χ2v) is 5.09. The second kappa shape index (κ2) is 4.52. The summed E-state index contributed by atoms with van der Waals surface area (Å²) in [7, 11) is 0. The summed E-state index contributed by atoms with van der Waals surface area (Å²) in [6, 6.07) is 5.69. The van der Waals surface area contributed by atoms with Crippen LogP contribution in [0.4, 0.5) is 8.78 Å². The van der Waals surface area contributed by atoms with Crippen LogP contribution in [-0.4, -0.2) is 10.6 Å². The number of benzene rings is 1. The lowest BCUT2D eigenvalue weighted by Gasteiger charge is -2.02. The number of alkyl halides is 2. The summed E-state index contributed by atoms with van der Waals surface area (Å²) in [5.41, 5.74) is 1.39. The quantitative estimate of drug-likeness (QED) is 0.890. The molecule has 0 spiro atoms. The van der Waals surface area contributed by atoms with Crippen LogP contribution in [0.2, 0.25) is 5.02 Å². The average molecular weight is 271 g/mol. The molecule has 1 aliphatic carbocycles. The van der Waals surface area contributed by atoms with Gasteiger partial charge in [0, 0.05) is 29.2 Å². The van der Waals surface area contributed by atoms with Gasteiger partial charge in [0.2, 0.25) is 0 Å². The molecule has 18 heavy (non-hydrogen) atoms. The van der Waals surface area contributed by atoms with Crippen molar-refractivity contribution in [2.24, 2.45) is 0 Å². The van der Waals surface area contributed by atoms with Crippen molar-refractivity contribution in [2.45, 2.75) is 32.0 Å². The summed E-state index contributed by atoms with van der Waals surface area (Å²) in [5, 5.41) is 4.66. The van der Waals surface area contributed by atoms with E-state index in [2.05, 4.69) is 5.32 Å². The molecule has 1 fully saturated rings. The molecule has 1 aliphatic rings. The lowest BCUT2D eigenvalue weighted by atomic mass is 10.2. The fourth-order valence-corrected chi connectivity index (χ4v) is 2.31. The Bertz CT molecular complexity index is 576. The number of fused-ring (bicyclic) bond motifs is 1. The molecule has 0 aliphatic heterocycles. The van der Waals surface area contributed by atoms with Crippen LogP contribution in [0.15, 0.2) is 24.4 Å². The van der Waals surface area contributed by atoms with Gasteiger partial charge in [-0.1, -0.05) is 17.7 Å². The minimum Gasteiger partial charge on any atom is -0.310 e. The van der Waals surface area contributed by atoms with Gasteiger partial charge in [-0.3, -0.25) is 4.57 Å². The smallest absolute Gasteiger partial charge is 0.310 e. The predicted molar refractivity (Wildman–Crippen MR) is 68.1 cm³/mol. The van der Waals surface area contributed by atoms with Gasteiger partial charge in [-0.05, 0) is 30.5 Å². The van der Waals surface area contributed by atoms with Crippen molar-refractivity contribution in [3.63, 3.8) is 0 Å². The molecule has 5 heteroatoms. The van der Waals surface area contributed by atoms with Crippen molar-refractivity contribution >= 4 is 22.5 Å². The van der Waals surface area contributed by atoms with Crippen molar-refractivity contribution in [1.29, 1.82) is 0 Å². The number of nitrogens with one attached hydrogen (secondary N) is 1. The number of hydrogen-bond donors (Lipinski definition) is 1. The molecule has 0 amide bonds. The zero-order chi connectivity index (χ0) is 12.7. The third-order valence-electron chi connectivity index (χ3n) is 3.25. The predicted octanol–water partition coefficient (Wildman–Crippen LogP) is 3.94. The highest BCUT2D eigenvalue weighted by molar-refractivity contribution is 6.31. The molecule has 2 nitrogen and oxygen atoms in total. The van der Waals surface area contributed by atoms with Gasteiger partial charge in [0.1, 0.15) is 0 Å². The first kappa shape index (κ1) is 11.9. The Morgan fingerprint density at radius 1 is 1.39 bits per heavy atom. The Balaban J connectivity index is 2.01. The van der Waals surface area contributed by atoms with Crippen molar-refractivity contribution in [1.82, 2.24) is 9.88 Å². The average Bonchev–Trinajstić information content (AvgIpc) is 3.08. The Labute approximate surface area is 109 Å². The number of hydrogen-bond acceptors (Lipinski definition) is 1. The van der Waals surface area contributed by atoms with Gasteiger partial charge in [0.25, 0.3) is 0 Å². The molecule has 96 valence electrons. The van der Waals surface area contributed by atoms with Gasteiger partial charge in [-0.25, -0.2) is 0 Å². The largest absolute Gasteiger partial charge is 0.319 e. The molecule has 0 bridgehead atoms. The first-order chi connectivity index (χ1) is 8.65. The highest BCUT2D eigenvalue weighted by atomic mass is 35.5. The van der Waals surface area contributed by atoms with Gasteiger partial charge >= 0.3 is 6.55 Å². The maximum absolute atomic E-state index is 13.0. The first-order valence-electron chi connectivity index (χ1n) is 5.95. The maximum Gasteiger partial charge on any atom is 0.319 e. The van der Waals surface area contributed by atoms with E-state index in [1.807, 2.05) is 0 Å². The SMILES string of the molecule is FC(F)n1cc(CNC2CC2)c2ccc(Cl)cc21. The van der Waals surface area contributed by atoms with Crippen LogP contribution in [0.25, 0.3) is 10.9 Å². The van der Waals surface area contributed by atoms with E-state index in [1.165, 1.54) is 19.0 Å². The lowest BCUT2D eigenvalue weighted by molar-refractivity contribution is 0.0751. The monoisotopic (exact) mass is 270 g/mol. The van der Waals surface area contributed by atoms with Crippen molar-refractivity contribution in [3.05, 3.63) is 35.0 Å². The van der Waals surface area contributed by atoms with Crippen LogP contribution >= 0.6 is 11.6 Å². The van der Waals surface area contributed by atoms with Crippen LogP contribution in [0.5, 0.6) is 0 Å². The molecule has 1 heterocycles. The molecule has 1 saturated carbocycles. The zero-order valence-corrected chi connectivity index (χ0v) is 10.4. The summed E-state index contributed by atoms with van der Waals surface area (Å²) in [6.45, 7) is -1.91. The van der Waals surface area contributed by atoms with E-state index in [9.17, 15) is 8.78 Å². The van der Waals surface area contributed by atoms with E-state index in [1.54, 1.807) is 18.2 Å². The molecule has 0 saturated heterocycles. The van der Waals surface area contributed by atoms with E-state index in [0.717, 1.165) is 15.5 Å². The maximum atomic E-state index is 13.0. The van der Waals surface area contributed by atoms with Gasteiger partial charge in [0.15, 0.2) is 0 Å². The molecule has 1 aromatic carbocycles. The van der Waals surface area contributed by atoms with Crippen molar-refractivity contribution < 1.29 is 8.78 Å². The summed E-state index contributed by atoms with van der Waals surface area (Å²) >= 11 is 5.87. The van der Waals surface area contributed by atoms with Crippen LogP contribution < -0.4 is 5.32 Å². The summed E-state index contributed by atoms with van der Waals surface area (Å²) in [5.74, 6) is 0. The van der Waals surface area contributed by atoms with E-state index >= 15 is 0 Å². The van der Waals surface area contributed by atoms with E-state index in [4.69, 9.17) is 11.6 Å².